The van der Waals surface area contributed by atoms with Crippen molar-refractivity contribution in [2.24, 2.45) is 0 Å². The van der Waals surface area contributed by atoms with Crippen molar-refractivity contribution in [1.29, 1.82) is 0 Å². The first-order valence-electron chi connectivity index (χ1n) is 2.59. The van der Waals surface area contributed by atoms with E-state index >= 15 is 0 Å². The smallest absolute Gasteiger partial charge is 0.216 e. The van der Waals surface area contributed by atoms with E-state index in [1.807, 2.05) is 0 Å². The molecule has 8 heavy (non-hydrogen) atoms. The Hall–Kier alpha value is -0.145. The van der Waals surface area contributed by atoms with E-state index in [0.717, 1.165) is 0 Å². The van der Waals surface area contributed by atoms with Crippen LogP contribution in [0.4, 0.5) is 13.2 Å². The maximum Gasteiger partial charge on any atom is 0.249 e. The minimum atomic E-state index is -4.00. The van der Waals surface area contributed by atoms with Gasteiger partial charge in [0.15, 0.2) is 0 Å². The molecule has 0 unspecified atom stereocenters. The molecule has 0 aliphatic carbocycles. The van der Waals surface area contributed by atoms with Crippen LogP contribution >= 0.6 is 0 Å². The van der Waals surface area contributed by atoms with Gasteiger partial charge in [-0.3, -0.25) is 0 Å². The topological polar surface area (TPSA) is 0 Å². The molecule has 0 atom stereocenters. The van der Waals surface area contributed by atoms with E-state index in [4.69, 9.17) is 0 Å². The van der Waals surface area contributed by atoms with Crippen molar-refractivity contribution >= 4 is 6.15 Å². The van der Waals surface area contributed by atoms with Crippen molar-refractivity contribution in [3.05, 3.63) is 0 Å². The van der Waals surface area contributed by atoms with Gasteiger partial charge < -0.3 is 0 Å². The largest absolute Gasteiger partial charge is 0.249 e. The zero-order chi connectivity index (χ0) is 7.00. The van der Waals surface area contributed by atoms with Gasteiger partial charge in [0.25, 0.3) is 0 Å². The van der Waals surface area contributed by atoms with Gasteiger partial charge in [-0.25, -0.2) is 13.2 Å². The van der Waals surface area contributed by atoms with Crippen LogP contribution in [0.25, 0.3) is 0 Å². The molecule has 4 heteroatoms. The first-order chi connectivity index (χ1) is 3.25. The zero-order valence-electron chi connectivity index (χ0n) is 5.21. The lowest BCUT2D eigenvalue weighted by Crippen LogP contribution is -2.40. The molecule has 0 rings (SSSR count). The molecule has 0 radical (unpaired) electrons. The van der Waals surface area contributed by atoms with Crippen LogP contribution in [0.3, 0.4) is 0 Å². The first kappa shape index (κ1) is 7.85. The van der Waals surface area contributed by atoms with Gasteiger partial charge in [-0.15, -0.1) is 0 Å². The Morgan fingerprint density at radius 1 is 1.00 bits per heavy atom. The summed E-state index contributed by atoms with van der Waals surface area (Å²) in [6.45, 7) is 3.62. The molecule has 0 fully saturated rings. The van der Waals surface area contributed by atoms with Crippen LogP contribution in [0.15, 0.2) is 0 Å². The molecule has 0 heterocycles. The second-order valence-corrected chi connectivity index (χ2v) is 3.14. The first-order valence-corrected chi connectivity index (χ1v) is 2.59. The molecule has 0 aromatic rings. The second kappa shape index (κ2) is 1.67. The molecule has 0 saturated carbocycles. The highest BCUT2D eigenvalue weighted by molar-refractivity contribution is 6.77. The van der Waals surface area contributed by atoms with Crippen molar-refractivity contribution in [2.45, 2.75) is 26.5 Å². The fraction of sp³-hybridized carbons (Fsp3) is 1.00. The minimum absolute atomic E-state index is 1.21. The van der Waals surface area contributed by atoms with E-state index < -0.39 is 12.2 Å². The normalized spacial score (nSPS) is 14.2. The van der Waals surface area contributed by atoms with Crippen molar-refractivity contribution in [3.63, 3.8) is 0 Å². The molecule has 0 bridgehead atoms. The van der Waals surface area contributed by atoms with Crippen molar-refractivity contribution in [1.82, 2.24) is 0 Å². The van der Waals surface area contributed by atoms with Gasteiger partial charge in [0.2, 0.25) is 6.08 Å². The summed E-state index contributed by atoms with van der Waals surface area (Å²) in [7, 11) is 0. The fourth-order valence-corrected chi connectivity index (χ4v) is 0. The van der Waals surface area contributed by atoms with Crippen LogP contribution in [0.2, 0.25) is 20.5 Å². The Kier molecular flexibility index (Phi) is 1.64. The lowest BCUT2D eigenvalue weighted by atomic mass is 9.29. The SMILES string of the molecule is C[B-](C)(C)C(F)(F)F. The van der Waals surface area contributed by atoms with Crippen LogP contribution in [0, 0.1) is 0 Å². The summed E-state index contributed by atoms with van der Waals surface area (Å²) in [5.41, 5.74) is 0. The van der Waals surface area contributed by atoms with Crippen LogP contribution < -0.4 is 0 Å². The summed E-state index contributed by atoms with van der Waals surface area (Å²) < 4.78 is 34.8. The fourth-order valence-electron chi connectivity index (χ4n) is 0. The molecule has 0 aliphatic heterocycles. The lowest BCUT2D eigenvalue weighted by Gasteiger charge is -2.27. The molecule has 0 aromatic heterocycles. The highest BCUT2D eigenvalue weighted by atomic mass is 19.4. The lowest BCUT2D eigenvalue weighted by molar-refractivity contribution is -0.0552. The van der Waals surface area contributed by atoms with Gasteiger partial charge >= 0.3 is 0 Å². The third-order valence-electron chi connectivity index (χ3n) is 0.982. The summed E-state index contributed by atoms with van der Waals surface area (Å²) in [6, 6.07) is 0. The Morgan fingerprint density at radius 2 is 1.12 bits per heavy atom. The molecule has 0 aliphatic rings. The van der Waals surface area contributed by atoms with Gasteiger partial charge in [-0.1, -0.05) is 0 Å². The highest BCUT2D eigenvalue weighted by Crippen LogP contribution is 2.27. The molecular weight excluding hydrogens is 116 g/mol. The standard InChI is InChI=1S/C4H9BF3/c1-5(2,3)4(6,7)8/h1-3H3/q-1. The summed E-state index contributed by atoms with van der Waals surface area (Å²) >= 11 is 0. The van der Waals surface area contributed by atoms with E-state index in [1.165, 1.54) is 20.5 Å². The second-order valence-electron chi connectivity index (χ2n) is 3.14. The molecule has 0 spiro atoms. The molecule has 0 nitrogen and oxygen atoms in total. The van der Waals surface area contributed by atoms with Crippen LogP contribution in [-0.2, 0) is 0 Å². The van der Waals surface area contributed by atoms with Gasteiger partial charge in [0.1, 0.15) is 6.15 Å². The Morgan fingerprint density at radius 3 is 1.12 bits per heavy atom. The van der Waals surface area contributed by atoms with Crippen LogP contribution in [-0.4, -0.2) is 12.2 Å². The van der Waals surface area contributed by atoms with Crippen LogP contribution in [0.5, 0.6) is 0 Å². The van der Waals surface area contributed by atoms with Crippen molar-refractivity contribution in [3.8, 4) is 0 Å². The minimum Gasteiger partial charge on any atom is -0.216 e. The Bertz CT molecular complexity index is 66.3. The quantitative estimate of drug-likeness (QED) is 0.436. The predicted octanol–water partition coefficient (Wildman–Crippen LogP) is 2.43. The van der Waals surface area contributed by atoms with E-state index in [0.29, 0.717) is 0 Å². The van der Waals surface area contributed by atoms with E-state index in [-0.39, 0.29) is 0 Å². The van der Waals surface area contributed by atoms with E-state index in [1.54, 1.807) is 0 Å². The molecular formula is C4H9BF3-. The molecule has 0 amide bonds. The van der Waals surface area contributed by atoms with Crippen LogP contribution in [0.1, 0.15) is 0 Å². The van der Waals surface area contributed by atoms with Gasteiger partial charge in [0, 0.05) is 0 Å². The summed E-state index contributed by atoms with van der Waals surface area (Å²) in [5, 5.41) is 0. The number of rotatable bonds is 0. The average Bonchev–Trinajstić information content (AvgIpc) is 1.25. The molecule has 50 valence electrons. The number of hydrogen-bond acceptors (Lipinski definition) is 0. The number of hydrogen-bond donors (Lipinski definition) is 0. The summed E-state index contributed by atoms with van der Waals surface area (Å²) in [6.07, 6.45) is -6.15. The van der Waals surface area contributed by atoms with Crippen molar-refractivity contribution in [2.75, 3.05) is 0 Å². The number of alkyl halides is 3. The zero-order valence-corrected chi connectivity index (χ0v) is 5.21. The number of halogens is 3. The third kappa shape index (κ3) is 1.76. The van der Waals surface area contributed by atoms with Gasteiger partial charge in [0.05, 0.1) is 0 Å². The van der Waals surface area contributed by atoms with E-state index in [9.17, 15) is 13.2 Å². The predicted molar refractivity (Wildman–Crippen MR) is 29.4 cm³/mol. The monoisotopic (exact) mass is 125 g/mol. The van der Waals surface area contributed by atoms with E-state index in [2.05, 4.69) is 0 Å². The molecule has 0 aromatic carbocycles. The summed E-state index contributed by atoms with van der Waals surface area (Å²) in [4.78, 5) is 0. The van der Waals surface area contributed by atoms with Gasteiger partial charge in [-0.2, -0.15) is 20.5 Å². The Balaban J connectivity index is 4.02. The van der Waals surface area contributed by atoms with Gasteiger partial charge in [-0.05, 0) is 0 Å². The Labute approximate surface area is 47.0 Å². The third-order valence-corrected chi connectivity index (χ3v) is 0.982. The highest BCUT2D eigenvalue weighted by Gasteiger charge is 2.36. The molecule has 0 N–H and O–H groups in total. The molecule has 0 saturated heterocycles. The average molecular weight is 125 g/mol. The maximum atomic E-state index is 11.6. The summed E-state index contributed by atoms with van der Waals surface area (Å²) in [5.74, 6) is 0. The maximum absolute atomic E-state index is 11.6. The van der Waals surface area contributed by atoms with Crippen molar-refractivity contribution < 1.29 is 13.2 Å².